The van der Waals surface area contributed by atoms with E-state index in [1.54, 1.807) is 4.90 Å². The number of rotatable bonds is 8. The van der Waals surface area contributed by atoms with E-state index in [9.17, 15) is 9.59 Å². The van der Waals surface area contributed by atoms with Gasteiger partial charge in [0.1, 0.15) is 0 Å². The van der Waals surface area contributed by atoms with Crippen molar-refractivity contribution in [2.24, 2.45) is 5.73 Å². The van der Waals surface area contributed by atoms with Crippen LogP contribution in [0, 0.1) is 5.41 Å². The van der Waals surface area contributed by atoms with Gasteiger partial charge < -0.3 is 29.9 Å². The molecule has 0 bridgehead atoms. The van der Waals surface area contributed by atoms with E-state index in [1.807, 2.05) is 11.9 Å². The highest BCUT2D eigenvalue weighted by Crippen LogP contribution is 2.25. The molecule has 3 rings (SSSR count). The topological polar surface area (TPSA) is 119 Å². The number of carbonyl (C=O) groups is 2. The molecule has 3 aliphatic heterocycles. The van der Waals surface area contributed by atoms with Gasteiger partial charge in [-0.15, -0.1) is 0 Å². The van der Waals surface area contributed by atoms with Gasteiger partial charge in [-0.25, -0.2) is 4.79 Å². The van der Waals surface area contributed by atoms with Crippen LogP contribution in [0.15, 0.2) is 0 Å². The van der Waals surface area contributed by atoms with Crippen molar-refractivity contribution in [2.75, 3.05) is 79.6 Å². The second-order valence-electron chi connectivity index (χ2n) is 8.51. The van der Waals surface area contributed by atoms with Crippen molar-refractivity contribution in [2.45, 2.75) is 31.5 Å². The Morgan fingerprint density at radius 1 is 1.10 bits per heavy atom. The van der Waals surface area contributed by atoms with Crippen molar-refractivity contribution < 1.29 is 19.1 Å². The van der Waals surface area contributed by atoms with Gasteiger partial charge in [0.05, 0.1) is 13.2 Å². The Morgan fingerprint density at radius 2 is 1.71 bits per heavy atom. The second kappa shape index (κ2) is 11.0. The second-order valence-corrected chi connectivity index (χ2v) is 8.51. The number of nitrogens with one attached hydrogen (secondary N) is 1. The predicted molar refractivity (Wildman–Crippen MR) is 116 cm³/mol. The molecule has 0 aromatic heterocycles. The van der Waals surface area contributed by atoms with Gasteiger partial charge in [-0.2, -0.15) is 0 Å². The van der Waals surface area contributed by atoms with Crippen molar-refractivity contribution in [3.8, 4) is 0 Å². The minimum Gasteiger partial charge on any atom is -0.469 e. The molecule has 0 aromatic rings. The summed E-state index contributed by atoms with van der Waals surface area (Å²) in [6.07, 6.45) is 1.63. The molecule has 0 spiro atoms. The monoisotopic (exact) mass is 439 g/mol. The highest BCUT2D eigenvalue weighted by molar-refractivity contribution is 5.74. The molecule has 176 valence electrons. The predicted octanol–water partition coefficient (Wildman–Crippen LogP) is -0.765. The molecule has 3 aliphatic rings. The summed E-state index contributed by atoms with van der Waals surface area (Å²) in [5, 5.41) is 7.56. The van der Waals surface area contributed by atoms with E-state index >= 15 is 0 Å². The number of hydrogen-bond acceptors (Lipinski definition) is 8. The van der Waals surface area contributed by atoms with E-state index < -0.39 is 0 Å². The number of cyclic esters (lactones) is 1. The lowest BCUT2D eigenvalue weighted by Gasteiger charge is -2.39. The van der Waals surface area contributed by atoms with Crippen LogP contribution in [0.1, 0.15) is 19.3 Å². The molecule has 11 nitrogen and oxygen atoms in total. The molecule has 3 N–H and O–H groups in total. The average molecular weight is 440 g/mol. The number of hydrogen-bond donors (Lipinski definition) is 2. The Morgan fingerprint density at radius 3 is 2.32 bits per heavy atom. The average Bonchev–Trinajstić information content (AvgIpc) is 3.06. The van der Waals surface area contributed by atoms with Crippen LogP contribution in [0.25, 0.3) is 0 Å². The van der Waals surface area contributed by atoms with Crippen molar-refractivity contribution >= 4 is 18.0 Å². The van der Waals surface area contributed by atoms with Crippen LogP contribution in [0.4, 0.5) is 4.79 Å². The first kappa shape index (κ1) is 23.6. The summed E-state index contributed by atoms with van der Waals surface area (Å²) in [6.45, 7) is 8.55. The first-order valence-corrected chi connectivity index (χ1v) is 11.2. The zero-order valence-corrected chi connectivity index (χ0v) is 18.8. The first-order valence-electron chi connectivity index (χ1n) is 11.2. The number of amides is 1. The summed E-state index contributed by atoms with van der Waals surface area (Å²) < 4.78 is 10.4. The number of piperazine rings is 2. The van der Waals surface area contributed by atoms with E-state index in [0.29, 0.717) is 6.42 Å². The third kappa shape index (κ3) is 6.20. The fourth-order valence-corrected chi connectivity index (χ4v) is 4.56. The summed E-state index contributed by atoms with van der Waals surface area (Å²) in [5.41, 5.74) is 5.58. The summed E-state index contributed by atoms with van der Waals surface area (Å²) in [5.74, 6) is -0.0243. The molecule has 3 fully saturated rings. The number of esters is 1. The van der Waals surface area contributed by atoms with Crippen LogP contribution in [0.3, 0.4) is 0 Å². The zero-order valence-electron chi connectivity index (χ0n) is 18.8. The van der Waals surface area contributed by atoms with Crippen LogP contribution in [-0.2, 0) is 14.3 Å². The Kier molecular flexibility index (Phi) is 8.33. The van der Waals surface area contributed by atoms with Crippen LogP contribution >= 0.6 is 0 Å². The maximum absolute atomic E-state index is 12.3. The van der Waals surface area contributed by atoms with E-state index in [2.05, 4.69) is 14.7 Å². The fraction of sp³-hybridized carbons (Fsp3) is 0.850. The minimum atomic E-state index is -0.253. The van der Waals surface area contributed by atoms with Crippen LogP contribution in [0.2, 0.25) is 0 Å². The van der Waals surface area contributed by atoms with Gasteiger partial charge in [0.25, 0.3) is 0 Å². The summed E-state index contributed by atoms with van der Waals surface area (Å²) in [6, 6.07) is 0.0317. The molecule has 3 heterocycles. The molecule has 2 unspecified atom stereocenters. The van der Waals surface area contributed by atoms with Crippen LogP contribution < -0.4 is 5.73 Å². The maximum atomic E-state index is 12.3. The molecule has 2 atom stereocenters. The van der Waals surface area contributed by atoms with Gasteiger partial charge in [-0.05, 0) is 19.4 Å². The number of ether oxygens (including phenoxy) is 2. The van der Waals surface area contributed by atoms with Gasteiger partial charge in [0.15, 0.2) is 12.2 Å². The van der Waals surface area contributed by atoms with Crippen LogP contribution in [0.5, 0.6) is 0 Å². The van der Waals surface area contributed by atoms with Crippen LogP contribution in [-0.4, -0.2) is 134 Å². The number of nitrogens with two attached hydrogens (primary N) is 1. The molecule has 31 heavy (non-hydrogen) atoms. The number of methoxy groups -OCH3 is 1. The molecule has 1 amide bonds. The molecule has 0 saturated carbocycles. The standard InChI is InChI=1S/C20H37N7O4/c1-23-16(5-7-25-10-14-27(15-11-25)19(21)22)18(31-20(23)29)26-12-8-24(9-13-26)6-3-4-17(28)30-2/h16,18H,3-15H2,1-2H3,(H3,21,22). The summed E-state index contributed by atoms with van der Waals surface area (Å²) >= 11 is 0. The summed E-state index contributed by atoms with van der Waals surface area (Å²) in [7, 11) is 3.24. The lowest BCUT2D eigenvalue weighted by molar-refractivity contribution is -0.140. The van der Waals surface area contributed by atoms with Crippen molar-refractivity contribution in [1.82, 2.24) is 24.5 Å². The first-order chi connectivity index (χ1) is 14.9. The van der Waals surface area contributed by atoms with Crippen molar-refractivity contribution in [1.29, 1.82) is 5.41 Å². The Balaban J connectivity index is 1.44. The highest BCUT2D eigenvalue weighted by Gasteiger charge is 2.43. The molecular weight excluding hydrogens is 402 g/mol. The molecular formula is C20H37N7O4. The van der Waals surface area contributed by atoms with Gasteiger partial charge in [0, 0.05) is 72.4 Å². The largest absolute Gasteiger partial charge is 0.469 e. The molecule has 0 radical (unpaired) electrons. The summed E-state index contributed by atoms with van der Waals surface area (Å²) in [4.78, 5) is 34.2. The van der Waals surface area contributed by atoms with Gasteiger partial charge in [-0.3, -0.25) is 20.0 Å². The normalized spacial score (nSPS) is 26.2. The number of guanidine groups is 1. The lowest BCUT2D eigenvalue weighted by atomic mass is 10.1. The minimum absolute atomic E-state index is 0.0317. The molecule has 0 aliphatic carbocycles. The van der Waals surface area contributed by atoms with E-state index in [-0.39, 0.29) is 30.3 Å². The SMILES string of the molecule is COC(=O)CCCN1CCN(C2OC(=O)N(C)C2CCN2CCN(C(=N)N)CC2)CC1. The third-order valence-corrected chi connectivity index (χ3v) is 6.64. The van der Waals surface area contributed by atoms with Gasteiger partial charge in [-0.1, -0.05) is 0 Å². The van der Waals surface area contributed by atoms with Gasteiger partial charge >= 0.3 is 12.1 Å². The third-order valence-electron chi connectivity index (χ3n) is 6.64. The smallest absolute Gasteiger partial charge is 0.411 e. The van der Waals surface area contributed by atoms with Crippen molar-refractivity contribution in [3.05, 3.63) is 0 Å². The number of nitrogens with zero attached hydrogens (tertiary/aromatic N) is 5. The molecule has 3 saturated heterocycles. The van der Waals surface area contributed by atoms with E-state index in [0.717, 1.165) is 78.3 Å². The number of carbonyl (C=O) groups excluding carboxylic acids is 2. The van der Waals surface area contributed by atoms with E-state index in [1.165, 1.54) is 7.11 Å². The number of likely N-dealkylation sites (N-methyl/N-ethyl adjacent to an activating group) is 1. The van der Waals surface area contributed by atoms with Crippen molar-refractivity contribution in [3.63, 3.8) is 0 Å². The van der Waals surface area contributed by atoms with Gasteiger partial charge in [0.2, 0.25) is 0 Å². The fourth-order valence-electron chi connectivity index (χ4n) is 4.56. The quantitative estimate of drug-likeness (QED) is 0.286. The molecule has 11 heteroatoms. The Labute approximate surface area is 184 Å². The Hall–Kier alpha value is -2.11. The zero-order chi connectivity index (χ0) is 22.4. The lowest BCUT2D eigenvalue weighted by Crippen LogP contribution is -2.55. The maximum Gasteiger partial charge on any atom is 0.411 e. The Bertz CT molecular complexity index is 633. The highest BCUT2D eigenvalue weighted by atomic mass is 16.6. The van der Waals surface area contributed by atoms with E-state index in [4.69, 9.17) is 20.6 Å². The molecule has 0 aromatic carbocycles.